The van der Waals surface area contributed by atoms with Gasteiger partial charge in [0.05, 0.1) is 5.39 Å². The molecule has 0 spiro atoms. The minimum Gasteiger partial charge on any atom is -0.481 e. The number of nitrogens with one attached hydrogen (secondary N) is 2. The number of carbonyl (C=O) groups excluding carboxylic acids is 1. The minimum atomic E-state index is -0.786. The topological polar surface area (TPSA) is 125 Å². The zero-order chi connectivity index (χ0) is 20.4. The lowest BCUT2D eigenvalue weighted by Gasteiger charge is -2.15. The Morgan fingerprint density at radius 1 is 1.31 bits per heavy atom. The molecule has 0 aliphatic carbocycles. The van der Waals surface area contributed by atoms with Gasteiger partial charge >= 0.3 is 5.69 Å². The predicted octanol–water partition coefficient (Wildman–Crippen LogP) is 0.397. The standard InChI is InChI=1S/C19H18N4O6/c1-11(29-12-4-5-14-15(9-12)28-10-27-14)17(24)21-7-8-23-18(25)13-3-2-6-20-16(13)22-19(23)26/h2-6,9,11H,7-8,10H2,1H3,(H,21,24)(H,20,22,26)/t11-/m0/s1. The molecule has 2 N–H and O–H groups in total. The Balaban J connectivity index is 1.37. The molecule has 10 nitrogen and oxygen atoms in total. The zero-order valence-electron chi connectivity index (χ0n) is 15.5. The summed E-state index contributed by atoms with van der Waals surface area (Å²) >= 11 is 0. The van der Waals surface area contributed by atoms with Gasteiger partial charge in [0.25, 0.3) is 11.5 Å². The third kappa shape index (κ3) is 3.77. The number of rotatable bonds is 6. The Morgan fingerprint density at radius 2 is 2.14 bits per heavy atom. The zero-order valence-corrected chi connectivity index (χ0v) is 15.5. The molecule has 0 saturated heterocycles. The molecule has 3 aromatic rings. The predicted molar refractivity (Wildman–Crippen MR) is 102 cm³/mol. The van der Waals surface area contributed by atoms with Gasteiger partial charge in [0.15, 0.2) is 17.6 Å². The van der Waals surface area contributed by atoms with Crippen LogP contribution >= 0.6 is 0 Å². The summed E-state index contributed by atoms with van der Waals surface area (Å²) in [6.07, 6.45) is 0.704. The van der Waals surface area contributed by atoms with Crippen molar-refractivity contribution in [1.82, 2.24) is 19.9 Å². The second-order valence-electron chi connectivity index (χ2n) is 6.35. The summed E-state index contributed by atoms with van der Waals surface area (Å²) in [6, 6.07) is 8.23. The van der Waals surface area contributed by atoms with E-state index in [0.29, 0.717) is 22.6 Å². The van der Waals surface area contributed by atoms with Crippen LogP contribution in [-0.4, -0.2) is 39.9 Å². The number of hydrogen-bond acceptors (Lipinski definition) is 7. The Labute approximate surface area is 164 Å². The molecule has 3 heterocycles. The van der Waals surface area contributed by atoms with E-state index >= 15 is 0 Å². The summed E-state index contributed by atoms with van der Waals surface area (Å²) in [5, 5.41) is 2.96. The smallest absolute Gasteiger partial charge is 0.330 e. The number of aromatic nitrogens is 3. The molecular formula is C19H18N4O6. The van der Waals surface area contributed by atoms with Crippen LogP contribution in [-0.2, 0) is 11.3 Å². The molecular weight excluding hydrogens is 380 g/mol. The molecule has 0 fully saturated rings. The molecule has 0 saturated carbocycles. The third-order valence-electron chi connectivity index (χ3n) is 4.41. The minimum absolute atomic E-state index is 0.0154. The van der Waals surface area contributed by atoms with Crippen molar-refractivity contribution >= 4 is 16.9 Å². The summed E-state index contributed by atoms with van der Waals surface area (Å²) in [6.45, 7) is 1.85. The van der Waals surface area contributed by atoms with Crippen LogP contribution in [0.4, 0.5) is 0 Å². The van der Waals surface area contributed by atoms with Gasteiger partial charge in [0.1, 0.15) is 11.4 Å². The van der Waals surface area contributed by atoms with E-state index in [2.05, 4.69) is 15.3 Å². The van der Waals surface area contributed by atoms with E-state index in [9.17, 15) is 14.4 Å². The highest BCUT2D eigenvalue weighted by Gasteiger charge is 2.18. The SMILES string of the molecule is C[C@H](Oc1ccc2c(c1)OCO2)C(=O)NCCn1c(=O)[nH]c2ncccc2c1=O. The lowest BCUT2D eigenvalue weighted by atomic mass is 10.3. The van der Waals surface area contributed by atoms with Crippen molar-refractivity contribution in [2.75, 3.05) is 13.3 Å². The van der Waals surface area contributed by atoms with Gasteiger partial charge in [0, 0.05) is 25.4 Å². The van der Waals surface area contributed by atoms with Gasteiger partial charge in [-0.15, -0.1) is 0 Å². The Kier molecular flexibility index (Phi) is 4.90. The van der Waals surface area contributed by atoms with Crippen molar-refractivity contribution < 1.29 is 19.0 Å². The second kappa shape index (κ2) is 7.66. The van der Waals surface area contributed by atoms with Crippen LogP contribution in [0.5, 0.6) is 17.2 Å². The van der Waals surface area contributed by atoms with Crippen LogP contribution in [0.1, 0.15) is 6.92 Å². The number of H-pyrrole nitrogens is 1. The van der Waals surface area contributed by atoms with Crippen LogP contribution in [0, 0.1) is 0 Å². The number of pyridine rings is 1. The van der Waals surface area contributed by atoms with E-state index < -0.39 is 17.4 Å². The lowest BCUT2D eigenvalue weighted by Crippen LogP contribution is -2.42. The van der Waals surface area contributed by atoms with Crippen LogP contribution in [0.3, 0.4) is 0 Å². The fourth-order valence-electron chi connectivity index (χ4n) is 2.93. The van der Waals surface area contributed by atoms with Gasteiger partial charge < -0.3 is 19.5 Å². The molecule has 0 radical (unpaired) electrons. The molecule has 1 amide bonds. The van der Waals surface area contributed by atoms with Crippen LogP contribution < -0.4 is 30.8 Å². The number of amides is 1. The number of ether oxygens (including phenoxy) is 3. The number of carbonyl (C=O) groups is 1. The van der Waals surface area contributed by atoms with Crippen molar-refractivity contribution in [2.45, 2.75) is 19.6 Å². The van der Waals surface area contributed by atoms with Gasteiger partial charge in [-0.1, -0.05) is 0 Å². The molecule has 1 atom stereocenters. The molecule has 0 bridgehead atoms. The molecule has 150 valence electrons. The number of aromatic amines is 1. The molecule has 0 unspecified atom stereocenters. The maximum absolute atomic E-state index is 12.4. The Hall–Kier alpha value is -3.82. The Morgan fingerprint density at radius 3 is 3.00 bits per heavy atom. The van der Waals surface area contributed by atoms with Crippen LogP contribution in [0.15, 0.2) is 46.1 Å². The summed E-state index contributed by atoms with van der Waals surface area (Å²) in [7, 11) is 0. The molecule has 10 heteroatoms. The van der Waals surface area contributed by atoms with E-state index in [0.717, 1.165) is 4.57 Å². The van der Waals surface area contributed by atoms with Crippen LogP contribution in [0.2, 0.25) is 0 Å². The molecule has 4 rings (SSSR count). The summed E-state index contributed by atoms with van der Waals surface area (Å²) in [5.74, 6) is 1.26. The number of nitrogens with zero attached hydrogens (tertiary/aromatic N) is 2. The number of hydrogen-bond donors (Lipinski definition) is 2. The van der Waals surface area contributed by atoms with Gasteiger partial charge in [-0.3, -0.25) is 19.1 Å². The van der Waals surface area contributed by atoms with Crippen molar-refractivity contribution in [3.63, 3.8) is 0 Å². The average molecular weight is 398 g/mol. The lowest BCUT2D eigenvalue weighted by molar-refractivity contribution is -0.127. The molecule has 1 aliphatic rings. The first-order valence-corrected chi connectivity index (χ1v) is 8.95. The van der Waals surface area contributed by atoms with E-state index in [-0.39, 0.29) is 31.4 Å². The fourth-order valence-corrected chi connectivity index (χ4v) is 2.93. The molecule has 2 aromatic heterocycles. The first kappa shape index (κ1) is 18.5. The van der Waals surface area contributed by atoms with E-state index in [1.807, 2.05) is 0 Å². The third-order valence-corrected chi connectivity index (χ3v) is 4.41. The summed E-state index contributed by atoms with van der Waals surface area (Å²) in [4.78, 5) is 43.3. The van der Waals surface area contributed by atoms with Crippen molar-refractivity contribution in [3.8, 4) is 17.2 Å². The normalized spacial score (nSPS) is 13.3. The Bertz CT molecular complexity index is 1190. The van der Waals surface area contributed by atoms with Crippen molar-refractivity contribution in [1.29, 1.82) is 0 Å². The first-order valence-electron chi connectivity index (χ1n) is 8.95. The number of benzene rings is 1. The van der Waals surface area contributed by atoms with Crippen LogP contribution in [0.25, 0.3) is 11.0 Å². The maximum atomic E-state index is 12.4. The van der Waals surface area contributed by atoms with Gasteiger partial charge in [-0.05, 0) is 31.2 Å². The van der Waals surface area contributed by atoms with Crippen molar-refractivity contribution in [3.05, 3.63) is 57.4 Å². The molecule has 29 heavy (non-hydrogen) atoms. The summed E-state index contributed by atoms with van der Waals surface area (Å²) in [5.41, 5.74) is -0.815. The average Bonchev–Trinajstić information content (AvgIpc) is 3.18. The van der Waals surface area contributed by atoms with E-state index in [1.165, 1.54) is 6.20 Å². The van der Waals surface area contributed by atoms with E-state index in [1.54, 1.807) is 37.3 Å². The highest BCUT2D eigenvalue weighted by atomic mass is 16.7. The molecule has 1 aliphatic heterocycles. The molecule has 1 aromatic carbocycles. The van der Waals surface area contributed by atoms with Gasteiger partial charge in [-0.2, -0.15) is 0 Å². The fraction of sp³-hybridized carbons (Fsp3) is 0.263. The maximum Gasteiger partial charge on any atom is 0.330 e. The van der Waals surface area contributed by atoms with Crippen molar-refractivity contribution in [2.24, 2.45) is 0 Å². The second-order valence-corrected chi connectivity index (χ2v) is 6.35. The van der Waals surface area contributed by atoms with E-state index in [4.69, 9.17) is 14.2 Å². The first-order chi connectivity index (χ1) is 14.0. The highest BCUT2D eigenvalue weighted by Crippen LogP contribution is 2.35. The van der Waals surface area contributed by atoms with Gasteiger partial charge in [-0.25, -0.2) is 9.78 Å². The largest absolute Gasteiger partial charge is 0.481 e. The van der Waals surface area contributed by atoms with Gasteiger partial charge in [0.2, 0.25) is 6.79 Å². The highest BCUT2D eigenvalue weighted by molar-refractivity contribution is 5.80. The monoisotopic (exact) mass is 398 g/mol. The summed E-state index contributed by atoms with van der Waals surface area (Å²) < 4.78 is 17.1. The quantitative estimate of drug-likeness (QED) is 0.616. The number of fused-ring (bicyclic) bond motifs is 2.